The Morgan fingerprint density at radius 2 is 2.04 bits per heavy atom. The third-order valence-electron chi connectivity index (χ3n) is 4.72. The van der Waals surface area contributed by atoms with E-state index in [1.165, 1.54) is 4.90 Å². The highest BCUT2D eigenvalue weighted by atomic mass is 19.4. The molecule has 0 radical (unpaired) electrons. The molecular weight excluding hydrogens is 327 g/mol. The van der Waals surface area contributed by atoms with Gasteiger partial charge in [-0.25, -0.2) is 0 Å². The Morgan fingerprint density at radius 3 is 2.71 bits per heavy atom. The molecule has 1 aromatic rings. The van der Waals surface area contributed by atoms with Crippen molar-refractivity contribution in [3.63, 3.8) is 0 Å². The SMILES string of the molecule is O=C(CCC(F)(F)F)N1C[C@@H]2c3ccccc3OC[C@]2(C(=O)O)C1. The Hall–Kier alpha value is -2.25. The molecule has 0 aromatic heterocycles. The van der Waals surface area contributed by atoms with Crippen LogP contribution < -0.4 is 4.74 Å². The molecule has 1 amide bonds. The van der Waals surface area contributed by atoms with E-state index >= 15 is 0 Å². The molecule has 24 heavy (non-hydrogen) atoms. The van der Waals surface area contributed by atoms with Crippen LogP contribution in [0.15, 0.2) is 24.3 Å². The number of benzene rings is 1. The van der Waals surface area contributed by atoms with Crippen LogP contribution in [0.5, 0.6) is 5.75 Å². The van der Waals surface area contributed by atoms with E-state index in [2.05, 4.69) is 0 Å². The van der Waals surface area contributed by atoms with E-state index in [4.69, 9.17) is 4.74 Å². The molecule has 1 aromatic carbocycles. The number of amides is 1. The number of para-hydroxylation sites is 1. The minimum Gasteiger partial charge on any atom is -0.492 e. The summed E-state index contributed by atoms with van der Waals surface area (Å²) in [6.07, 6.45) is -6.29. The zero-order valence-electron chi connectivity index (χ0n) is 12.7. The zero-order valence-corrected chi connectivity index (χ0v) is 12.7. The number of hydrogen-bond acceptors (Lipinski definition) is 3. The lowest BCUT2D eigenvalue weighted by Crippen LogP contribution is -2.46. The monoisotopic (exact) mass is 343 g/mol. The van der Waals surface area contributed by atoms with Crippen LogP contribution in [0.1, 0.15) is 24.3 Å². The van der Waals surface area contributed by atoms with Gasteiger partial charge in [-0.05, 0) is 6.07 Å². The second kappa shape index (κ2) is 5.68. The summed E-state index contributed by atoms with van der Waals surface area (Å²) in [6, 6.07) is 6.96. The zero-order chi connectivity index (χ0) is 17.5. The van der Waals surface area contributed by atoms with Gasteiger partial charge in [-0.15, -0.1) is 0 Å². The molecule has 5 nitrogen and oxygen atoms in total. The third kappa shape index (κ3) is 2.81. The van der Waals surface area contributed by atoms with Crippen LogP contribution >= 0.6 is 0 Å². The number of ether oxygens (including phenoxy) is 1. The molecule has 0 saturated carbocycles. The molecule has 3 rings (SSSR count). The summed E-state index contributed by atoms with van der Waals surface area (Å²) in [6.45, 7) is -0.158. The number of carboxylic acid groups (broad SMARTS) is 1. The number of hydrogen-bond donors (Lipinski definition) is 1. The normalized spacial score (nSPS) is 25.6. The summed E-state index contributed by atoms with van der Waals surface area (Å²) in [5.41, 5.74) is -0.639. The number of aliphatic carboxylic acids is 1. The first-order chi connectivity index (χ1) is 11.2. The van der Waals surface area contributed by atoms with Crippen molar-refractivity contribution in [1.82, 2.24) is 4.90 Å². The molecule has 1 N–H and O–H groups in total. The van der Waals surface area contributed by atoms with Crippen molar-refractivity contribution in [2.45, 2.75) is 24.9 Å². The fraction of sp³-hybridized carbons (Fsp3) is 0.500. The number of carbonyl (C=O) groups is 2. The second-order valence-electron chi connectivity index (χ2n) is 6.23. The number of alkyl halides is 3. The van der Waals surface area contributed by atoms with Crippen LogP contribution in [0.4, 0.5) is 13.2 Å². The lowest BCUT2D eigenvalue weighted by molar-refractivity contribution is -0.153. The van der Waals surface area contributed by atoms with Gasteiger partial charge in [0.05, 0.1) is 6.42 Å². The van der Waals surface area contributed by atoms with Crippen LogP contribution in [0, 0.1) is 5.41 Å². The highest BCUT2D eigenvalue weighted by Gasteiger charge is 2.57. The van der Waals surface area contributed by atoms with Crippen molar-refractivity contribution in [2.24, 2.45) is 5.41 Å². The number of halogens is 3. The standard InChI is InChI=1S/C16H16F3NO4/c17-16(18,19)6-5-13(21)20-7-11-10-3-1-2-4-12(10)24-9-15(11,8-20)14(22)23/h1-4,11H,5-9H2,(H,22,23)/t11-,15-/m1/s1. The predicted molar refractivity (Wildman–Crippen MR) is 76.6 cm³/mol. The second-order valence-corrected chi connectivity index (χ2v) is 6.23. The molecule has 2 heterocycles. The molecule has 0 bridgehead atoms. The van der Waals surface area contributed by atoms with Crippen molar-refractivity contribution < 1.29 is 32.6 Å². The smallest absolute Gasteiger partial charge is 0.389 e. The summed E-state index contributed by atoms with van der Waals surface area (Å²) >= 11 is 0. The first-order valence-corrected chi connectivity index (χ1v) is 7.52. The van der Waals surface area contributed by atoms with Gasteiger partial charge < -0.3 is 14.7 Å². The minimum atomic E-state index is -4.41. The predicted octanol–water partition coefficient (Wildman–Crippen LogP) is 2.42. The van der Waals surface area contributed by atoms with Gasteiger partial charge in [0.15, 0.2) is 0 Å². The van der Waals surface area contributed by atoms with Gasteiger partial charge in [-0.3, -0.25) is 9.59 Å². The lowest BCUT2D eigenvalue weighted by atomic mass is 9.73. The Kier molecular flexibility index (Phi) is 3.93. The lowest BCUT2D eigenvalue weighted by Gasteiger charge is -2.35. The molecule has 1 fully saturated rings. The molecule has 1 saturated heterocycles. The van der Waals surface area contributed by atoms with E-state index < -0.39 is 42.2 Å². The minimum absolute atomic E-state index is 0.0867. The molecule has 2 aliphatic rings. The van der Waals surface area contributed by atoms with Crippen LogP contribution in [0.25, 0.3) is 0 Å². The van der Waals surface area contributed by atoms with Gasteiger partial charge in [-0.2, -0.15) is 13.2 Å². The van der Waals surface area contributed by atoms with Crippen LogP contribution in [0.2, 0.25) is 0 Å². The molecule has 0 spiro atoms. The number of likely N-dealkylation sites (tertiary alicyclic amines) is 1. The largest absolute Gasteiger partial charge is 0.492 e. The topological polar surface area (TPSA) is 66.8 Å². The third-order valence-corrected chi connectivity index (χ3v) is 4.72. The van der Waals surface area contributed by atoms with E-state index in [0.29, 0.717) is 11.3 Å². The van der Waals surface area contributed by atoms with Crippen molar-refractivity contribution in [1.29, 1.82) is 0 Å². The first kappa shape index (κ1) is 16.6. The Morgan fingerprint density at radius 1 is 1.33 bits per heavy atom. The van der Waals surface area contributed by atoms with Crippen molar-refractivity contribution in [3.8, 4) is 5.75 Å². The highest BCUT2D eigenvalue weighted by Crippen LogP contribution is 2.49. The van der Waals surface area contributed by atoms with Crippen LogP contribution in [0.3, 0.4) is 0 Å². The van der Waals surface area contributed by atoms with Crippen molar-refractivity contribution >= 4 is 11.9 Å². The van der Waals surface area contributed by atoms with Gasteiger partial charge in [0.2, 0.25) is 5.91 Å². The van der Waals surface area contributed by atoms with E-state index in [1.807, 2.05) is 0 Å². The summed E-state index contributed by atoms with van der Waals surface area (Å²) in [5.74, 6) is -1.72. The van der Waals surface area contributed by atoms with Crippen LogP contribution in [-0.4, -0.2) is 47.8 Å². The van der Waals surface area contributed by atoms with E-state index in [-0.39, 0.29) is 19.7 Å². The Balaban J connectivity index is 1.84. The Bertz CT molecular complexity index is 676. The summed E-state index contributed by atoms with van der Waals surface area (Å²) < 4.78 is 42.5. The fourth-order valence-electron chi connectivity index (χ4n) is 3.43. The quantitative estimate of drug-likeness (QED) is 0.915. The van der Waals surface area contributed by atoms with E-state index in [9.17, 15) is 27.9 Å². The van der Waals surface area contributed by atoms with E-state index in [0.717, 1.165) is 0 Å². The molecular formula is C16H16F3NO4. The molecule has 2 aliphatic heterocycles. The van der Waals surface area contributed by atoms with Crippen molar-refractivity contribution in [3.05, 3.63) is 29.8 Å². The number of rotatable bonds is 3. The highest BCUT2D eigenvalue weighted by molar-refractivity contribution is 5.83. The van der Waals surface area contributed by atoms with Gasteiger partial charge in [0, 0.05) is 31.0 Å². The molecule has 0 aliphatic carbocycles. The number of nitrogens with zero attached hydrogens (tertiary/aromatic N) is 1. The van der Waals surface area contributed by atoms with Crippen molar-refractivity contribution in [2.75, 3.05) is 19.7 Å². The Labute approximate surface area is 136 Å². The maximum atomic E-state index is 12.3. The molecule has 0 unspecified atom stereocenters. The molecule has 8 heteroatoms. The summed E-state index contributed by atoms with van der Waals surface area (Å²) in [5, 5.41) is 9.69. The van der Waals surface area contributed by atoms with E-state index in [1.54, 1.807) is 24.3 Å². The van der Waals surface area contributed by atoms with Crippen LogP contribution in [-0.2, 0) is 9.59 Å². The number of carboxylic acids is 1. The average molecular weight is 343 g/mol. The fourth-order valence-corrected chi connectivity index (χ4v) is 3.43. The maximum Gasteiger partial charge on any atom is 0.389 e. The average Bonchev–Trinajstić information content (AvgIpc) is 2.93. The maximum absolute atomic E-state index is 12.3. The first-order valence-electron chi connectivity index (χ1n) is 7.52. The van der Waals surface area contributed by atoms with Gasteiger partial charge >= 0.3 is 12.1 Å². The van der Waals surface area contributed by atoms with Gasteiger partial charge in [-0.1, -0.05) is 18.2 Å². The number of fused-ring (bicyclic) bond motifs is 3. The summed E-state index contributed by atoms with van der Waals surface area (Å²) in [7, 11) is 0. The summed E-state index contributed by atoms with van der Waals surface area (Å²) in [4.78, 5) is 25.2. The molecule has 130 valence electrons. The van der Waals surface area contributed by atoms with Gasteiger partial charge in [0.25, 0.3) is 0 Å². The van der Waals surface area contributed by atoms with Gasteiger partial charge in [0.1, 0.15) is 17.8 Å². The number of carbonyl (C=O) groups excluding carboxylic acids is 1. The molecule has 2 atom stereocenters.